The van der Waals surface area contributed by atoms with Crippen LogP contribution in [-0.2, 0) is 14.3 Å². The molecule has 0 radical (unpaired) electrons. The Morgan fingerprint density at radius 1 is 0.921 bits per heavy atom. The summed E-state index contributed by atoms with van der Waals surface area (Å²) in [7, 11) is 0. The van der Waals surface area contributed by atoms with Crippen molar-refractivity contribution < 1.29 is 33.8 Å². The van der Waals surface area contributed by atoms with Gasteiger partial charge in [-0.3, -0.25) is 34.7 Å². The Labute approximate surface area is 216 Å². The molecule has 1 atom stereocenters. The second-order valence-corrected chi connectivity index (χ2v) is 9.28. The molecule has 6 rings (SSSR count). The van der Waals surface area contributed by atoms with Crippen molar-refractivity contribution in [2.75, 3.05) is 11.9 Å². The number of aromatic hydroxyl groups is 1. The van der Waals surface area contributed by atoms with E-state index in [0.29, 0.717) is 0 Å². The molecule has 3 N–H and O–H groups in total. The number of piperidine rings is 1. The number of hydrogen-bond acceptors (Lipinski definition) is 7. The number of imide groups is 2. The quantitative estimate of drug-likeness (QED) is 0.361. The minimum absolute atomic E-state index is 0.00488. The highest BCUT2D eigenvalue weighted by Gasteiger charge is 2.46. The molecule has 1 saturated heterocycles. The van der Waals surface area contributed by atoms with Gasteiger partial charge in [-0.15, -0.1) is 0 Å². The molecule has 3 aliphatic rings. The lowest BCUT2D eigenvalue weighted by molar-refractivity contribution is -0.136. The van der Waals surface area contributed by atoms with Crippen molar-refractivity contribution >= 4 is 35.4 Å². The van der Waals surface area contributed by atoms with Crippen LogP contribution in [0.15, 0.2) is 60.7 Å². The number of rotatable bonds is 4. The van der Waals surface area contributed by atoms with Crippen LogP contribution < -0.4 is 10.6 Å². The molecule has 1 aliphatic carbocycles. The van der Waals surface area contributed by atoms with E-state index in [2.05, 4.69) is 10.6 Å². The van der Waals surface area contributed by atoms with E-state index in [1.165, 1.54) is 12.1 Å². The number of benzene rings is 3. The lowest BCUT2D eigenvalue weighted by Crippen LogP contribution is -2.54. The fourth-order valence-corrected chi connectivity index (χ4v) is 5.41. The molecule has 0 aromatic heterocycles. The number of nitrogens with one attached hydrogen (secondary N) is 2. The van der Waals surface area contributed by atoms with Gasteiger partial charge in [0.25, 0.3) is 11.8 Å². The molecule has 1 fully saturated rings. The maximum absolute atomic E-state index is 13.3. The molecular formula is C28H21N3O7. The van der Waals surface area contributed by atoms with Gasteiger partial charge in [-0.05, 0) is 40.8 Å². The minimum Gasteiger partial charge on any atom is -0.506 e. The zero-order chi connectivity index (χ0) is 26.6. The van der Waals surface area contributed by atoms with Crippen molar-refractivity contribution in [1.82, 2.24) is 10.2 Å². The molecule has 0 bridgehead atoms. The first-order valence-corrected chi connectivity index (χ1v) is 12.0. The molecule has 1 unspecified atom stereocenters. The average Bonchev–Trinajstić information content (AvgIpc) is 3.36. The van der Waals surface area contributed by atoms with E-state index in [-0.39, 0.29) is 42.2 Å². The summed E-state index contributed by atoms with van der Waals surface area (Å²) < 4.78 is 5.52. The highest BCUT2D eigenvalue weighted by molar-refractivity contribution is 6.26. The third-order valence-electron chi connectivity index (χ3n) is 7.16. The van der Waals surface area contributed by atoms with E-state index in [1.54, 1.807) is 0 Å². The Hall–Kier alpha value is -4.99. The first-order chi connectivity index (χ1) is 18.3. The molecular weight excluding hydrogens is 490 g/mol. The van der Waals surface area contributed by atoms with Crippen LogP contribution in [0.25, 0.3) is 11.1 Å². The number of fused-ring (bicyclic) bond motifs is 4. The van der Waals surface area contributed by atoms with Gasteiger partial charge in [-0.2, -0.15) is 0 Å². The molecule has 5 amide bonds. The van der Waals surface area contributed by atoms with Gasteiger partial charge < -0.3 is 9.84 Å². The summed E-state index contributed by atoms with van der Waals surface area (Å²) in [6.07, 6.45) is -0.966. The number of nitrogens with zero attached hydrogens (tertiary/aromatic N) is 1. The van der Waals surface area contributed by atoms with Gasteiger partial charge >= 0.3 is 6.09 Å². The summed E-state index contributed by atoms with van der Waals surface area (Å²) in [5, 5.41) is 15.0. The summed E-state index contributed by atoms with van der Waals surface area (Å²) >= 11 is 0. The maximum Gasteiger partial charge on any atom is 0.411 e. The molecule has 0 spiro atoms. The van der Waals surface area contributed by atoms with E-state index in [1.807, 2.05) is 48.5 Å². The number of amides is 5. The minimum atomic E-state index is -1.18. The van der Waals surface area contributed by atoms with E-state index >= 15 is 0 Å². The number of phenols is 1. The van der Waals surface area contributed by atoms with Gasteiger partial charge in [0.05, 0.1) is 16.8 Å². The molecule has 3 aromatic carbocycles. The van der Waals surface area contributed by atoms with Gasteiger partial charge in [0.15, 0.2) is 0 Å². The zero-order valence-electron chi connectivity index (χ0n) is 19.9. The topological polar surface area (TPSA) is 142 Å². The van der Waals surface area contributed by atoms with Crippen LogP contribution in [0.2, 0.25) is 0 Å². The maximum atomic E-state index is 13.3. The fraction of sp³-hybridized carbons (Fsp3) is 0.179. The second-order valence-electron chi connectivity index (χ2n) is 9.28. The van der Waals surface area contributed by atoms with Crippen molar-refractivity contribution in [3.8, 4) is 16.9 Å². The largest absolute Gasteiger partial charge is 0.506 e. The molecule has 2 aliphatic heterocycles. The Kier molecular flexibility index (Phi) is 5.45. The molecule has 10 heteroatoms. The van der Waals surface area contributed by atoms with Gasteiger partial charge in [-0.25, -0.2) is 4.79 Å². The summed E-state index contributed by atoms with van der Waals surface area (Å²) in [5.41, 5.74) is 3.56. The van der Waals surface area contributed by atoms with Gasteiger partial charge in [0.1, 0.15) is 18.4 Å². The molecule has 190 valence electrons. The molecule has 2 heterocycles. The van der Waals surface area contributed by atoms with E-state index in [4.69, 9.17) is 4.74 Å². The number of hydrogen-bond donors (Lipinski definition) is 3. The Bertz CT molecular complexity index is 1520. The van der Waals surface area contributed by atoms with Gasteiger partial charge in [0.2, 0.25) is 11.8 Å². The number of ether oxygens (including phenoxy) is 1. The summed E-state index contributed by atoms with van der Waals surface area (Å²) in [5.74, 6) is -3.50. The summed E-state index contributed by atoms with van der Waals surface area (Å²) in [4.78, 5) is 63.8. The first-order valence-electron chi connectivity index (χ1n) is 12.0. The third kappa shape index (κ3) is 3.61. The van der Waals surface area contributed by atoms with Crippen molar-refractivity contribution in [2.45, 2.75) is 24.8 Å². The van der Waals surface area contributed by atoms with Crippen LogP contribution in [0, 0.1) is 0 Å². The number of anilines is 1. The van der Waals surface area contributed by atoms with Crippen LogP contribution in [0.3, 0.4) is 0 Å². The Morgan fingerprint density at radius 3 is 2.24 bits per heavy atom. The molecule has 0 saturated carbocycles. The van der Waals surface area contributed by atoms with Crippen molar-refractivity contribution in [3.63, 3.8) is 0 Å². The number of phenolic OH excluding ortho intramolecular Hbond substituents is 1. The van der Waals surface area contributed by atoms with Crippen molar-refractivity contribution in [2.24, 2.45) is 0 Å². The second kappa shape index (κ2) is 8.84. The standard InChI is InChI=1S/C28H21N3O7/c32-21-11-9-18-23(27(36)31(26(18)35)20-10-12-22(33)29-25(20)34)24(21)30-28(37)38-13-19-16-7-3-1-5-14(16)15-6-2-4-8-17(15)19/h1-9,11,19-20,32H,10,12-13H2,(H,30,37)(H,29,33,34). The van der Waals surface area contributed by atoms with Gasteiger partial charge in [0, 0.05) is 12.3 Å². The summed E-state index contributed by atoms with van der Waals surface area (Å²) in [6.45, 7) is 0.00488. The zero-order valence-corrected chi connectivity index (χ0v) is 19.9. The van der Waals surface area contributed by atoms with E-state index in [0.717, 1.165) is 27.2 Å². The number of carbonyl (C=O) groups excluding carboxylic acids is 5. The van der Waals surface area contributed by atoms with Crippen LogP contribution in [0.1, 0.15) is 50.6 Å². The fourth-order valence-electron chi connectivity index (χ4n) is 5.41. The lowest BCUT2D eigenvalue weighted by Gasteiger charge is -2.27. The number of carbonyl (C=O) groups is 5. The summed E-state index contributed by atoms with van der Waals surface area (Å²) in [6, 6.07) is 16.9. The molecule has 38 heavy (non-hydrogen) atoms. The van der Waals surface area contributed by atoms with Crippen molar-refractivity contribution in [3.05, 3.63) is 82.9 Å². The SMILES string of the molecule is O=C1CCC(N2C(=O)c3ccc(O)c(NC(=O)OCC4c5ccccc5-c5ccccc54)c3C2=O)C(=O)N1. The van der Waals surface area contributed by atoms with Crippen molar-refractivity contribution in [1.29, 1.82) is 0 Å². The van der Waals surface area contributed by atoms with E-state index in [9.17, 15) is 29.1 Å². The molecule has 10 nitrogen and oxygen atoms in total. The molecule has 3 aromatic rings. The van der Waals surface area contributed by atoms with E-state index < -0.39 is 41.5 Å². The first kappa shape index (κ1) is 23.4. The highest BCUT2D eigenvalue weighted by atomic mass is 16.5. The highest BCUT2D eigenvalue weighted by Crippen LogP contribution is 2.44. The average molecular weight is 511 g/mol. The Morgan fingerprint density at radius 2 is 1.58 bits per heavy atom. The third-order valence-corrected chi connectivity index (χ3v) is 7.16. The Balaban J connectivity index is 1.23. The normalized spacial score (nSPS) is 18.1. The van der Waals surface area contributed by atoms with Crippen LogP contribution in [0.4, 0.5) is 10.5 Å². The van der Waals surface area contributed by atoms with Crippen LogP contribution in [-0.4, -0.2) is 52.4 Å². The van der Waals surface area contributed by atoms with Gasteiger partial charge in [-0.1, -0.05) is 48.5 Å². The predicted octanol–water partition coefficient (Wildman–Crippen LogP) is 3.15. The predicted molar refractivity (Wildman–Crippen MR) is 133 cm³/mol. The van der Waals surface area contributed by atoms with Crippen LogP contribution >= 0.6 is 0 Å². The monoisotopic (exact) mass is 511 g/mol. The lowest BCUT2D eigenvalue weighted by atomic mass is 9.98. The smallest absolute Gasteiger partial charge is 0.411 e. The van der Waals surface area contributed by atoms with Crippen LogP contribution in [0.5, 0.6) is 5.75 Å².